The molecule has 0 spiro atoms. The van der Waals surface area contributed by atoms with Crippen molar-refractivity contribution in [1.82, 2.24) is 5.32 Å². The van der Waals surface area contributed by atoms with Crippen LogP contribution in [0.1, 0.15) is 25.8 Å². The first-order chi connectivity index (χ1) is 9.38. The molecule has 4 nitrogen and oxygen atoms in total. The molecule has 0 saturated carbocycles. The highest BCUT2D eigenvalue weighted by Crippen LogP contribution is 2.16. The first-order valence-electron chi connectivity index (χ1n) is 6.41. The van der Waals surface area contributed by atoms with Crippen LogP contribution in [-0.4, -0.2) is 29.8 Å². The SMILES string of the molecule is CC(CCc1ccc(OC(F)F)cc1)NC(C)C(=O)O. The van der Waals surface area contributed by atoms with Crippen LogP contribution < -0.4 is 10.1 Å². The second-order valence-corrected chi connectivity index (χ2v) is 4.69. The summed E-state index contributed by atoms with van der Waals surface area (Å²) < 4.78 is 28.2. The Bertz CT molecular complexity index is 423. The van der Waals surface area contributed by atoms with E-state index in [-0.39, 0.29) is 11.8 Å². The molecule has 2 atom stereocenters. The monoisotopic (exact) mass is 287 g/mol. The Kier molecular flexibility index (Phi) is 6.38. The number of hydrogen-bond donors (Lipinski definition) is 2. The Labute approximate surface area is 116 Å². The summed E-state index contributed by atoms with van der Waals surface area (Å²) in [4.78, 5) is 10.7. The molecule has 2 unspecified atom stereocenters. The van der Waals surface area contributed by atoms with Crippen LogP contribution in [0.2, 0.25) is 0 Å². The number of hydrogen-bond acceptors (Lipinski definition) is 3. The summed E-state index contributed by atoms with van der Waals surface area (Å²) in [5.41, 5.74) is 0.989. The highest BCUT2D eigenvalue weighted by atomic mass is 19.3. The molecule has 1 aromatic rings. The number of aliphatic carboxylic acids is 1. The summed E-state index contributed by atoms with van der Waals surface area (Å²) in [6, 6.07) is 5.92. The molecule has 0 aliphatic carbocycles. The maximum absolute atomic E-state index is 12.0. The lowest BCUT2D eigenvalue weighted by atomic mass is 10.1. The molecule has 1 rings (SSSR count). The molecule has 0 saturated heterocycles. The fourth-order valence-electron chi connectivity index (χ4n) is 1.80. The fourth-order valence-corrected chi connectivity index (χ4v) is 1.80. The lowest BCUT2D eigenvalue weighted by Crippen LogP contribution is -2.40. The normalized spacial score (nSPS) is 14.1. The highest BCUT2D eigenvalue weighted by molar-refractivity contribution is 5.72. The quantitative estimate of drug-likeness (QED) is 0.772. The number of carbonyl (C=O) groups is 1. The van der Waals surface area contributed by atoms with Gasteiger partial charge in [0.1, 0.15) is 11.8 Å². The Morgan fingerprint density at radius 2 is 1.90 bits per heavy atom. The van der Waals surface area contributed by atoms with Gasteiger partial charge in [-0.2, -0.15) is 8.78 Å². The minimum Gasteiger partial charge on any atom is -0.480 e. The second kappa shape index (κ2) is 7.79. The molecule has 0 bridgehead atoms. The molecule has 0 amide bonds. The molecule has 0 fully saturated rings. The van der Waals surface area contributed by atoms with Crippen molar-refractivity contribution in [3.8, 4) is 5.75 Å². The van der Waals surface area contributed by atoms with Crippen LogP contribution >= 0.6 is 0 Å². The van der Waals surface area contributed by atoms with E-state index in [1.807, 2.05) is 6.92 Å². The lowest BCUT2D eigenvalue weighted by Gasteiger charge is -2.17. The van der Waals surface area contributed by atoms with Crippen LogP contribution in [0.4, 0.5) is 8.78 Å². The predicted octanol–water partition coefficient (Wildman–Crippen LogP) is 2.67. The third kappa shape index (κ3) is 5.97. The Balaban J connectivity index is 2.39. The van der Waals surface area contributed by atoms with Crippen molar-refractivity contribution in [3.63, 3.8) is 0 Å². The van der Waals surface area contributed by atoms with E-state index in [4.69, 9.17) is 5.11 Å². The topological polar surface area (TPSA) is 58.6 Å². The molecule has 0 aromatic heterocycles. The molecule has 2 N–H and O–H groups in total. The molecule has 112 valence electrons. The second-order valence-electron chi connectivity index (χ2n) is 4.69. The number of benzene rings is 1. The summed E-state index contributed by atoms with van der Waals surface area (Å²) in [6.45, 7) is 0.686. The van der Waals surface area contributed by atoms with Crippen molar-refractivity contribution < 1.29 is 23.4 Å². The average Bonchev–Trinajstić information content (AvgIpc) is 2.37. The Morgan fingerprint density at radius 1 is 1.30 bits per heavy atom. The van der Waals surface area contributed by atoms with Gasteiger partial charge < -0.3 is 15.2 Å². The van der Waals surface area contributed by atoms with Gasteiger partial charge in [0.2, 0.25) is 0 Å². The van der Waals surface area contributed by atoms with Gasteiger partial charge in [-0.1, -0.05) is 12.1 Å². The number of halogens is 2. The first-order valence-corrected chi connectivity index (χ1v) is 6.41. The lowest BCUT2D eigenvalue weighted by molar-refractivity contribution is -0.139. The largest absolute Gasteiger partial charge is 0.480 e. The minimum absolute atomic E-state index is 0.0538. The highest BCUT2D eigenvalue weighted by Gasteiger charge is 2.13. The van der Waals surface area contributed by atoms with E-state index in [0.717, 1.165) is 18.4 Å². The van der Waals surface area contributed by atoms with E-state index < -0.39 is 18.6 Å². The number of rotatable bonds is 8. The molecular formula is C14H19F2NO3. The Morgan fingerprint density at radius 3 is 2.40 bits per heavy atom. The molecule has 0 aliphatic rings. The van der Waals surface area contributed by atoms with Gasteiger partial charge in [-0.15, -0.1) is 0 Å². The van der Waals surface area contributed by atoms with Crippen molar-refractivity contribution in [2.75, 3.05) is 0 Å². The predicted molar refractivity (Wildman–Crippen MR) is 71.1 cm³/mol. The van der Waals surface area contributed by atoms with Crippen molar-refractivity contribution in [1.29, 1.82) is 0 Å². The number of carboxylic acid groups (broad SMARTS) is 1. The van der Waals surface area contributed by atoms with Gasteiger partial charge in [-0.05, 0) is 44.4 Å². The number of aryl methyl sites for hydroxylation is 1. The minimum atomic E-state index is -2.82. The zero-order valence-electron chi connectivity index (χ0n) is 11.5. The van der Waals surface area contributed by atoms with E-state index in [9.17, 15) is 13.6 Å². The smallest absolute Gasteiger partial charge is 0.387 e. The van der Waals surface area contributed by atoms with E-state index >= 15 is 0 Å². The standard InChI is InChI=1S/C14H19F2NO3/c1-9(17-10(2)13(18)19)3-4-11-5-7-12(8-6-11)20-14(15)16/h5-10,14,17H,3-4H2,1-2H3,(H,18,19). The van der Waals surface area contributed by atoms with Gasteiger partial charge in [0, 0.05) is 6.04 Å². The maximum atomic E-state index is 12.0. The molecule has 0 radical (unpaired) electrons. The molecule has 6 heteroatoms. The van der Waals surface area contributed by atoms with E-state index in [0.29, 0.717) is 0 Å². The van der Waals surface area contributed by atoms with Gasteiger partial charge >= 0.3 is 12.6 Å². The zero-order chi connectivity index (χ0) is 15.1. The van der Waals surface area contributed by atoms with Gasteiger partial charge in [0.15, 0.2) is 0 Å². The van der Waals surface area contributed by atoms with Gasteiger partial charge in [-0.25, -0.2) is 0 Å². The summed E-state index contributed by atoms with van der Waals surface area (Å²) >= 11 is 0. The molecule has 1 aromatic carbocycles. The van der Waals surface area contributed by atoms with Crippen LogP contribution in [0.15, 0.2) is 24.3 Å². The van der Waals surface area contributed by atoms with Crippen LogP contribution in [0.25, 0.3) is 0 Å². The zero-order valence-corrected chi connectivity index (χ0v) is 11.5. The van der Waals surface area contributed by atoms with Crippen LogP contribution in [-0.2, 0) is 11.2 Å². The number of ether oxygens (including phenoxy) is 1. The van der Waals surface area contributed by atoms with Crippen molar-refractivity contribution in [2.45, 2.75) is 45.4 Å². The molecule has 0 heterocycles. The molecule has 0 aliphatic heterocycles. The van der Waals surface area contributed by atoms with Crippen LogP contribution in [0.5, 0.6) is 5.75 Å². The van der Waals surface area contributed by atoms with Crippen LogP contribution in [0.3, 0.4) is 0 Å². The number of alkyl halides is 2. The maximum Gasteiger partial charge on any atom is 0.387 e. The average molecular weight is 287 g/mol. The van der Waals surface area contributed by atoms with Gasteiger partial charge in [0.05, 0.1) is 0 Å². The van der Waals surface area contributed by atoms with Crippen molar-refractivity contribution >= 4 is 5.97 Å². The number of carboxylic acids is 1. The third-order valence-corrected chi connectivity index (χ3v) is 2.92. The van der Waals surface area contributed by atoms with Gasteiger partial charge in [0.25, 0.3) is 0 Å². The van der Waals surface area contributed by atoms with E-state index in [1.54, 1.807) is 19.1 Å². The summed E-state index contributed by atoms with van der Waals surface area (Å²) in [5, 5.41) is 11.7. The van der Waals surface area contributed by atoms with Gasteiger partial charge in [-0.3, -0.25) is 4.79 Å². The fraction of sp³-hybridized carbons (Fsp3) is 0.500. The van der Waals surface area contributed by atoms with E-state index in [1.165, 1.54) is 12.1 Å². The van der Waals surface area contributed by atoms with Crippen molar-refractivity contribution in [2.24, 2.45) is 0 Å². The first kappa shape index (κ1) is 16.4. The summed E-state index contributed by atoms with van der Waals surface area (Å²) in [5.74, 6) is -0.750. The van der Waals surface area contributed by atoms with E-state index in [2.05, 4.69) is 10.1 Å². The summed E-state index contributed by atoms with van der Waals surface area (Å²) in [7, 11) is 0. The molecular weight excluding hydrogens is 268 g/mol. The van der Waals surface area contributed by atoms with Crippen molar-refractivity contribution in [3.05, 3.63) is 29.8 Å². The number of nitrogens with one attached hydrogen (secondary N) is 1. The molecule has 20 heavy (non-hydrogen) atoms. The Hall–Kier alpha value is -1.69. The van der Waals surface area contributed by atoms with Crippen LogP contribution in [0, 0.1) is 0 Å². The third-order valence-electron chi connectivity index (χ3n) is 2.92. The summed E-state index contributed by atoms with van der Waals surface area (Å²) in [6.07, 6.45) is 1.49.